The summed E-state index contributed by atoms with van der Waals surface area (Å²) in [6.07, 6.45) is 5.39. The van der Waals surface area contributed by atoms with E-state index in [4.69, 9.17) is 10.5 Å². The first kappa shape index (κ1) is 8.95. The molecule has 0 radical (unpaired) electrons. The minimum absolute atomic E-state index is 0. The molecule has 1 aliphatic rings. The fraction of sp³-hybridized carbons (Fsp3) is 0.667. The molecule has 0 spiro atoms. The largest absolute Gasteiger partial charge is 0.373 e. The standard InChI is InChI=1S/C6H11NO.ClH/c7-5-6-3-1-2-4-8-6;/h1-2,6H,3-5,7H2;1H. The van der Waals surface area contributed by atoms with Crippen molar-refractivity contribution in [2.45, 2.75) is 12.5 Å². The monoisotopic (exact) mass is 149 g/mol. The van der Waals surface area contributed by atoms with Crippen molar-refractivity contribution in [1.82, 2.24) is 0 Å². The maximum atomic E-state index is 5.34. The molecule has 0 bridgehead atoms. The van der Waals surface area contributed by atoms with E-state index in [9.17, 15) is 0 Å². The molecule has 0 aliphatic carbocycles. The van der Waals surface area contributed by atoms with E-state index in [0.29, 0.717) is 6.54 Å². The van der Waals surface area contributed by atoms with Crippen LogP contribution in [0.5, 0.6) is 0 Å². The van der Waals surface area contributed by atoms with E-state index in [1.165, 1.54) is 0 Å². The maximum absolute atomic E-state index is 5.34. The van der Waals surface area contributed by atoms with E-state index in [-0.39, 0.29) is 18.5 Å². The van der Waals surface area contributed by atoms with E-state index in [1.54, 1.807) is 0 Å². The van der Waals surface area contributed by atoms with Gasteiger partial charge in [-0.25, -0.2) is 0 Å². The third-order valence-corrected chi connectivity index (χ3v) is 1.26. The highest BCUT2D eigenvalue weighted by atomic mass is 35.5. The van der Waals surface area contributed by atoms with Crippen LogP contribution in [0.15, 0.2) is 12.2 Å². The van der Waals surface area contributed by atoms with Crippen LogP contribution in [0.2, 0.25) is 0 Å². The minimum Gasteiger partial charge on any atom is -0.373 e. The average Bonchev–Trinajstić information content (AvgIpc) is 1.90. The van der Waals surface area contributed by atoms with Gasteiger partial charge in [-0.15, -0.1) is 12.4 Å². The molecule has 0 aromatic heterocycles. The molecular formula is C6H12ClNO. The quantitative estimate of drug-likeness (QED) is 0.558. The summed E-state index contributed by atoms with van der Waals surface area (Å²) in [6, 6.07) is 0. The zero-order chi connectivity index (χ0) is 5.82. The molecule has 2 nitrogen and oxygen atoms in total. The van der Waals surface area contributed by atoms with Crippen LogP contribution < -0.4 is 5.73 Å². The normalized spacial score (nSPS) is 25.2. The lowest BCUT2D eigenvalue weighted by atomic mass is 10.2. The number of hydrogen-bond donors (Lipinski definition) is 1. The topological polar surface area (TPSA) is 35.2 Å². The van der Waals surface area contributed by atoms with Crippen molar-refractivity contribution in [2.24, 2.45) is 5.73 Å². The number of nitrogens with two attached hydrogens (primary N) is 1. The fourth-order valence-corrected chi connectivity index (χ4v) is 0.740. The van der Waals surface area contributed by atoms with Crippen LogP contribution in [0.1, 0.15) is 6.42 Å². The predicted octanol–water partition coefficient (Wildman–Crippen LogP) is 0.712. The second-order valence-electron chi connectivity index (χ2n) is 1.90. The molecule has 9 heavy (non-hydrogen) atoms. The van der Waals surface area contributed by atoms with Crippen molar-refractivity contribution < 1.29 is 4.74 Å². The van der Waals surface area contributed by atoms with Gasteiger partial charge >= 0.3 is 0 Å². The van der Waals surface area contributed by atoms with Crippen molar-refractivity contribution in [1.29, 1.82) is 0 Å². The van der Waals surface area contributed by atoms with Gasteiger partial charge < -0.3 is 10.5 Å². The second kappa shape index (κ2) is 4.79. The first-order chi connectivity index (χ1) is 3.93. The Morgan fingerprint density at radius 2 is 2.33 bits per heavy atom. The number of rotatable bonds is 1. The van der Waals surface area contributed by atoms with E-state index < -0.39 is 0 Å². The smallest absolute Gasteiger partial charge is 0.0735 e. The number of hydrogen-bond acceptors (Lipinski definition) is 2. The van der Waals surface area contributed by atoms with Crippen LogP contribution in [-0.4, -0.2) is 19.3 Å². The molecule has 3 heteroatoms. The Balaban J connectivity index is 0.000000640. The van der Waals surface area contributed by atoms with Crippen molar-refractivity contribution in [3.8, 4) is 0 Å². The van der Waals surface area contributed by atoms with Gasteiger partial charge in [0.05, 0.1) is 12.7 Å². The molecule has 1 heterocycles. The van der Waals surface area contributed by atoms with Gasteiger partial charge in [-0.2, -0.15) is 0 Å². The fourth-order valence-electron chi connectivity index (χ4n) is 0.740. The van der Waals surface area contributed by atoms with Crippen LogP contribution in [0, 0.1) is 0 Å². The van der Waals surface area contributed by atoms with E-state index >= 15 is 0 Å². The molecule has 1 aliphatic heterocycles. The van der Waals surface area contributed by atoms with Gasteiger partial charge in [0.15, 0.2) is 0 Å². The highest BCUT2D eigenvalue weighted by molar-refractivity contribution is 5.85. The van der Waals surface area contributed by atoms with Gasteiger partial charge in [-0.1, -0.05) is 12.2 Å². The lowest BCUT2D eigenvalue weighted by molar-refractivity contribution is 0.0744. The minimum atomic E-state index is 0. The summed E-state index contributed by atoms with van der Waals surface area (Å²) < 4.78 is 5.22. The summed E-state index contributed by atoms with van der Waals surface area (Å²) in [6.45, 7) is 1.38. The summed E-state index contributed by atoms with van der Waals surface area (Å²) >= 11 is 0. The molecule has 54 valence electrons. The maximum Gasteiger partial charge on any atom is 0.0735 e. The van der Waals surface area contributed by atoms with Crippen LogP contribution in [0.25, 0.3) is 0 Å². The Hall–Kier alpha value is -0.0500. The van der Waals surface area contributed by atoms with E-state index in [2.05, 4.69) is 6.08 Å². The van der Waals surface area contributed by atoms with Gasteiger partial charge in [0.1, 0.15) is 0 Å². The first-order valence-corrected chi connectivity index (χ1v) is 2.90. The van der Waals surface area contributed by atoms with Gasteiger partial charge in [-0.3, -0.25) is 0 Å². The zero-order valence-electron chi connectivity index (χ0n) is 5.25. The molecule has 0 saturated heterocycles. The molecule has 1 unspecified atom stereocenters. The highest BCUT2D eigenvalue weighted by Gasteiger charge is 2.05. The van der Waals surface area contributed by atoms with E-state index in [0.717, 1.165) is 13.0 Å². The zero-order valence-corrected chi connectivity index (χ0v) is 6.06. The molecular weight excluding hydrogens is 138 g/mol. The summed E-state index contributed by atoms with van der Waals surface area (Å²) in [5.74, 6) is 0. The summed E-state index contributed by atoms with van der Waals surface area (Å²) in [5.41, 5.74) is 5.34. The predicted molar refractivity (Wildman–Crippen MR) is 39.8 cm³/mol. The number of halogens is 1. The van der Waals surface area contributed by atoms with Crippen LogP contribution in [0.3, 0.4) is 0 Å². The first-order valence-electron chi connectivity index (χ1n) is 2.90. The Labute approximate surface area is 61.5 Å². The van der Waals surface area contributed by atoms with Crippen molar-refractivity contribution in [2.75, 3.05) is 13.2 Å². The summed E-state index contributed by atoms with van der Waals surface area (Å²) in [7, 11) is 0. The van der Waals surface area contributed by atoms with Gasteiger partial charge in [0.25, 0.3) is 0 Å². The molecule has 0 fully saturated rings. The lowest BCUT2D eigenvalue weighted by Crippen LogP contribution is -2.24. The Morgan fingerprint density at radius 1 is 1.56 bits per heavy atom. The SMILES string of the molecule is Cl.NCC1CC=CCO1. The molecule has 1 rings (SSSR count). The molecule has 0 aromatic carbocycles. The molecule has 0 amide bonds. The van der Waals surface area contributed by atoms with Gasteiger partial charge in [0.2, 0.25) is 0 Å². The third kappa shape index (κ3) is 2.84. The number of ether oxygens (including phenoxy) is 1. The highest BCUT2D eigenvalue weighted by Crippen LogP contribution is 2.02. The van der Waals surface area contributed by atoms with Gasteiger partial charge in [-0.05, 0) is 6.42 Å². The Morgan fingerprint density at radius 3 is 2.67 bits per heavy atom. The molecule has 1 atom stereocenters. The van der Waals surface area contributed by atoms with E-state index in [1.807, 2.05) is 6.08 Å². The van der Waals surface area contributed by atoms with Crippen molar-refractivity contribution in [3.63, 3.8) is 0 Å². The second-order valence-corrected chi connectivity index (χ2v) is 1.90. The van der Waals surface area contributed by atoms with Crippen LogP contribution in [0.4, 0.5) is 0 Å². The average molecular weight is 150 g/mol. The van der Waals surface area contributed by atoms with Crippen molar-refractivity contribution in [3.05, 3.63) is 12.2 Å². The third-order valence-electron chi connectivity index (χ3n) is 1.26. The van der Waals surface area contributed by atoms with Gasteiger partial charge in [0, 0.05) is 6.54 Å². The Kier molecular flexibility index (Phi) is 4.77. The summed E-state index contributed by atoms with van der Waals surface area (Å²) in [5, 5.41) is 0. The summed E-state index contributed by atoms with van der Waals surface area (Å²) in [4.78, 5) is 0. The molecule has 0 aromatic rings. The lowest BCUT2D eigenvalue weighted by Gasteiger charge is -2.15. The Bertz CT molecular complexity index is 95.1. The molecule has 2 N–H and O–H groups in total. The van der Waals surface area contributed by atoms with Crippen LogP contribution >= 0.6 is 12.4 Å². The van der Waals surface area contributed by atoms with Crippen LogP contribution in [-0.2, 0) is 4.74 Å². The van der Waals surface area contributed by atoms with Crippen molar-refractivity contribution >= 4 is 12.4 Å². The molecule has 0 saturated carbocycles.